The first kappa shape index (κ1) is 22.2. The molecule has 7 heteroatoms. The van der Waals surface area contributed by atoms with Crippen molar-refractivity contribution in [2.24, 2.45) is 4.99 Å². The number of aliphatic imine (C=N–C) groups is 1. The number of fused-ring (bicyclic) bond motifs is 3. The normalized spacial score (nSPS) is 21.2. The minimum Gasteiger partial charge on any atom is -0.493 e. The van der Waals surface area contributed by atoms with E-state index in [9.17, 15) is 4.79 Å². The minimum atomic E-state index is 0.0755. The summed E-state index contributed by atoms with van der Waals surface area (Å²) in [5.74, 6) is 1.52. The Morgan fingerprint density at radius 3 is 2.61 bits per heavy atom. The fourth-order valence-electron chi connectivity index (χ4n) is 5.06. The van der Waals surface area contributed by atoms with E-state index in [2.05, 4.69) is 21.8 Å². The van der Waals surface area contributed by atoms with Crippen LogP contribution < -0.4 is 9.47 Å². The quantitative estimate of drug-likeness (QED) is 0.604. The third kappa shape index (κ3) is 4.70. The fraction of sp³-hybridized carbons (Fsp3) is 0.538. The number of benzene rings is 2. The van der Waals surface area contributed by atoms with Crippen molar-refractivity contribution in [3.63, 3.8) is 0 Å². The molecule has 1 amide bonds. The Hall–Kier alpha value is -2.64. The second kappa shape index (κ2) is 9.69. The molecule has 0 aromatic heterocycles. The Bertz CT molecular complexity index is 1050. The highest BCUT2D eigenvalue weighted by Crippen LogP contribution is 2.37. The first-order valence-corrected chi connectivity index (χ1v) is 12.2. The first-order chi connectivity index (χ1) is 16.1. The molecule has 3 aliphatic rings. The third-order valence-corrected chi connectivity index (χ3v) is 7.14. The molecule has 0 N–H and O–H groups in total. The second-order valence-corrected chi connectivity index (χ2v) is 9.41. The summed E-state index contributed by atoms with van der Waals surface area (Å²) in [5.41, 5.74) is 1.41. The monoisotopic (exact) mass is 450 g/mol. The van der Waals surface area contributed by atoms with E-state index in [-0.39, 0.29) is 11.9 Å². The molecule has 7 nitrogen and oxygen atoms in total. The van der Waals surface area contributed by atoms with Gasteiger partial charge in [0.2, 0.25) is 0 Å². The maximum atomic E-state index is 13.1. The Kier molecular flexibility index (Phi) is 6.51. The highest BCUT2D eigenvalue weighted by molar-refractivity contribution is 6.07. The summed E-state index contributed by atoms with van der Waals surface area (Å²) < 4.78 is 11.7. The molecule has 176 valence electrons. The van der Waals surface area contributed by atoms with Gasteiger partial charge in [0, 0.05) is 38.9 Å². The van der Waals surface area contributed by atoms with Gasteiger partial charge in [0.15, 0.2) is 11.5 Å². The molecule has 0 radical (unpaired) electrons. The zero-order chi connectivity index (χ0) is 22.8. The van der Waals surface area contributed by atoms with Crippen LogP contribution in [-0.4, -0.2) is 92.9 Å². The van der Waals surface area contributed by atoms with Crippen LogP contribution in [0.2, 0.25) is 0 Å². The van der Waals surface area contributed by atoms with Gasteiger partial charge in [-0.3, -0.25) is 9.79 Å². The lowest BCUT2D eigenvalue weighted by Crippen LogP contribution is -2.44. The van der Waals surface area contributed by atoms with Gasteiger partial charge in [-0.25, -0.2) is 0 Å². The topological polar surface area (TPSA) is 57.6 Å². The number of hydrogen-bond donors (Lipinski definition) is 0. The number of ether oxygens (including phenoxy) is 2. The Labute approximate surface area is 195 Å². The minimum absolute atomic E-state index is 0.0755. The summed E-state index contributed by atoms with van der Waals surface area (Å²) >= 11 is 0. The zero-order valence-corrected chi connectivity index (χ0v) is 19.8. The van der Waals surface area contributed by atoms with Gasteiger partial charge >= 0.3 is 0 Å². The Morgan fingerprint density at radius 1 is 1.00 bits per heavy atom. The fourth-order valence-corrected chi connectivity index (χ4v) is 5.06. The molecule has 33 heavy (non-hydrogen) atoms. The van der Waals surface area contributed by atoms with Crippen LogP contribution in [-0.2, 0) is 0 Å². The number of unbranched alkanes of at least 4 members (excludes halogenated alkanes) is 1. The Morgan fingerprint density at radius 2 is 1.79 bits per heavy atom. The van der Waals surface area contributed by atoms with Crippen molar-refractivity contribution in [2.75, 3.05) is 60.0 Å². The van der Waals surface area contributed by atoms with Crippen LogP contribution in [0.1, 0.15) is 36.0 Å². The van der Waals surface area contributed by atoms with Crippen LogP contribution >= 0.6 is 0 Å². The van der Waals surface area contributed by atoms with Crippen molar-refractivity contribution in [1.29, 1.82) is 0 Å². The van der Waals surface area contributed by atoms with Crippen molar-refractivity contribution in [3.05, 3.63) is 29.8 Å². The van der Waals surface area contributed by atoms with Gasteiger partial charge in [-0.05, 0) is 74.3 Å². The van der Waals surface area contributed by atoms with Crippen molar-refractivity contribution in [2.45, 2.75) is 31.7 Å². The lowest BCUT2D eigenvalue weighted by Gasteiger charge is -2.32. The standard InChI is InChI=1S/C26H34N4O3/c1-28-9-11-29(12-10-28)7-3-4-13-33-25-17-20-15-23-22(14-19(20)16-24(25)32-2)26(31)30-8-5-6-21(30)18-27-23/h14-18,21H,3-13H2,1-2H3/t21-/m0/s1. The number of carbonyl (C=O) groups is 1. The molecule has 2 saturated heterocycles. The molecule has 0 unspecified atom stereocenters. The number of methoxy groups -OCH3 is 1. The number of carbonyl (C=O) groups excluding carboxylic acids is 1. The number of hydrogen-bond acceptors (Lipinski definition) is 6. The number of likely N-dealkylation sites (N-methyl/N-ethyl adjacent to an activating group) is 1. The second-order valence-electron chi connectivity index (χ2n) is 9.41. The predicted molar refractivity (Wildman–Crippen MR) is 131 cm³/mol. The van der Waals surface area contributed by atoms with Crippen LogP contribution in [0.4, 0.5) is 5.69 Å². The molecular weight excluding hydrogens is 416 g/mol. The van der Waals surface area contributed by atoms with Crippen LogP contribution in [0.25, 0.3) is 10.8 Å². The summed E-state index contributed by atoms with van der Waals surface area (Å²) in [5, 5.41) is 1.98. The molecular formula is C26H34N4O3. The molecule has 0 bridgehead atoms. The SMILES string of the molecule is COc1cc2cc3c(cc2cc1OCCCCN1CCN(C)CC1)N=C[C@@H]1CCCN1C3=O. The molecule has 0 aliphatic carbocycles. The molecule has 3 aliphatic heterocycles. The third-order valence-electron chi connectivity index (χ3n) is 7.14. The van der Waals surface area contributed by atoms with E-state index in [0.29, 0.717) is 17.9 Å². The summed E-state index contributed by atoms with van der Waals surface area (Å²) in [6, 6.07) is 8.06. The molecule has 2 aromatic carbocycles. The van der Waals surface area contributed by atoms with Crippen LogP contribution in [0, 0.1) is 0 Å². The van der Waals surface area contributed by atoms with Gasteiger partial charge in [0.05, 0.1) is 31.0 Å². The lowest BCUT2D eigenvalue weighted by molar-refractivity contribution is 0.0775. The highest BCUT2D eigenvalue weighted by Gasteiger charge is 2.31. The average Bonchev–Trinajstić information content (AvgIpc) is 3.26. The molecule has 0 spiro atoms. The van der Waals surface area contributed by atoms with Crippen molar-refractivity contribution >= 4 is 28.6 Å². The van der Waals surface area contributed by atoms with Gasteiger partial charge < -0.3 is 24.2 Å². The summed E-state index contributed by atoms with van der Waals surface area (Å²) in [6.07, 6.45) is 6.10. The first-order valence-electron chi connectivity index (χ1n) is 12.2. The van der Waals surface area contributed by atoms with Crippen molar-refractivity contribution in [1.82, 2.24) is 14.7 Å². The van der Waals surface area contributed by atoms with E-state index in [0.717, 1.165) is 87.2 Å². The molecule has 2 aromatic rings. The van der Waals surface area contributed by atoms with Gasteiger partial charge in [0.25, 0.3) is 5.91 Å². The highest BCUT2D eigenvalue weighted by atomic mass is 16.5. The van der Waals surface area contributed by atoms with Gasteiger partial charge in [-0.15, -0.1) is 0 Å². The van der Waals surface area contributed by atoms with E-state index in [1.165, 1.54) is 0 Å². The Balaban J connectivity index is 1.27. The van der Waals surface area contributed by atoms with Crippen molar-refractivity contribution < 1.29 is 14.3 Å². The lowest BCUT2D eigenvalue weighted by atomic mass is 10.0. The maximum Gasteiger partial charge on any atom is 0.256 e. The molecule has 1 atom stereocenters. The molecule has 3 heterocycles. The average molecular weight is 451 g/mol. The van der Waals surface area contributed by atoms with E-state index >= 15 is 0 Å². The molecule has 0 saturated carbocycles. The largest absolute Gasteiger partial charge is 0.493 e. The van der Waals surface area contributed by atoms with Gasteiger partial charge in [-0.2, -0.15) is 0 Å². The van der Waals surface area contributed by atoms with E-state index in [4.69, 9.17) is 9.47 Å². The molecule has 5 rings (SSSR count). The van der Waals surface area contributed by atoms with Crippen LogP contribution in [0.15, 0.2) is 29.3 Å². The predicted octanol–water partition coefficient (Wildman–Crippen LogP) is 3.58. The van der Waals surface area contributed by atoms with Gasteiger partial charge in [0.1, 0.15) is 0 Å². The molecule has 2 fully saturated rings. The van der Waals surface area contributed by atoms with Crippen LogP contribution in [0.3, 0.4) is 0 Å². The number of nitrogens with zero attached hydrogens (tertiary/aromatic N) is 4. The summed E-state index contributed by atoms with van der Waals surface area (Å²) in [7, 11) is 3.85. The van der Waals surface area contributed by atoms with E-state index in [1.54, 1.807) is 7.11 Å². The van der Waals surface area contributed by atoms with E-state index in [1.807, 2.05) is 35.4 Å². The smallest absolute Gasteiger partial charge is 0.256 e. The number of piperazine rings is 1. The summed E-state index contributed by atoms with van der Waals surface area (Å²) in [6.45, 7) is 7.22. The number of rotatable bonds is 7. The maximum absolute atomic E-state index is 13.1. The number of amides is 1. The van der Waals surface area contributed by atoms with Gasteiger partial charge in [-0.1, -0.05) is 0 Å². The van der Waals surface area contributed by atoms with E-state index < -0.39 is 0 Å². The van der Waals surface area contributed by atoms with Crippen molar-refractivity contribution in [3.8, 4) is 11.5 Å². The van der Waals surface area contributed by atoms with Crippen LogP contribution in [0.5, 0.6) is 11.5 Å². The zero-order valence-electron chi connectivity index (χ0n) is 19.8. The summed E-state index contributed by atoms with van der Waals surface area (Å²) in [4.78, 5) is 24.6.